The molecule has 1 aliphatic rings. The Morgan fingerprint density at radius 3 is 2.71 bits per heavy atom. The molecular formula is C19H22N2O3. The van der Waals surface area contributed by atoms with Crippen molar-refractivity contribution in [3.05, 3.63) is 59.7 Å². The summed E-state index contributed by atoms with van der Waals surface area (Å²) in [6.45, 7) is 1.14. The van der Waals surface area contributed by atoms with Crippen LogP contribution in [0.3, 0.4) is 0 Å². The molecule has 2 amide bonds. The summed E-state index contributed by atoms with van der Waals surface area (Å²) in [5.74, 6) is 0.641. The van der Waals surface area contributed by atoms with Gasteiger partial charge in [-0.3, -0.25) is 0 Å². The Morgan fingerprint density at radius 2 is 1.92 bits per heavy atom. The number of hydrogen-bond acceptors (Lipinski definition) is 3. The highest BCUT2D eigenvalue weighted by Gasteiger charge is 2.22. The van der Waals surface area contributed by atoms with Crippen LogP contribution in [0.1, 0.15) is 11.1 Å². The molecule has 5 nitrogen and oxygen atoms in total. The van der Waals surface area contributed by atoms with Gasteiger partial charge in [-0.1, -0.05) is 36.4 Å². The third-order valence-corrected chi connectivity index (χ3v) is 4.21. The molecule has 0 saturated heterocycles. The highest BCUT2D eigenvalue weighted by molar-refractivity contribution is 5.90. The van der Waals surface area contributed by atoms with Gasteiger partial charge in [0.15, 0.2) is 0 Å². The summed E-state index contributed by atoms with van der Waals surface area (Å²) in [6.07, 6.45) is 0.830. The van der Waals surface area contributed by atoms with E-state index in [1.54, 1.807) is 19.1 Å². The molecule has 2 aromatic carbocycles. The van der Waals surface area contributed by atoms with E-state index in [0.29, 0.717) is 24.6 Å². The maximum atomic E-state index is 12.4. The van der Waals surface area contributed by atoms with Crippen LogP contribution in [0.5, 0.6) is 5.75 Å². The molecule has 0 aliphatic carbocycles. The Morgan fingerprint density at radius 1 is 1.21 bits per heavy atom. The fourth-order valence-corrected chi connectivity index (χ4v) is 2.87. The summed E-state index contributed by atoms with van der Waals surface area (Å²) in [7, 11) is 3.36. The van der Waals surface area contributed by atoms with E-state index >= 15 is 0 Å². The lowest BCUT2D eigenvalue weighted by molar-refractivity contribution is 0.0159. The number of likely N-dealkylation sites (N-methyl/N-ethyl adjacent to an activating group) is 1. The molecular weight excluding hydrogens is 304 g/mol. The number of fused-ring (bicyclic) bond motifs is 1. The second-order valence-corrected chi connectivity index (χ2v) is 5.92. The zero-order valence-corrected chi connectivity index (χ0v) is 14.0. The minimum absolute atomic E-state index is 0.00770. The SMILES string of the molecule is COc1ccccc1NC(=O)N(C)CC1Cc2ccccc2CO1. The molecule has 1 N–H and O–H groups in total. The molecule has 1 aliphatic heterocycles. The lowest BCUT2D eigenvalue weighted by Crippen LogP contribution is -2.40. The highest BCUT2D eigenvalue weighted by Crippen LogP contribution is 2.24. The molecule has 3 rings (SSSR count). The predicted molar refractivity (Wildman–Crippen MR) is 93.4 cm³/mol. The minimum Gasteiger partial charge on any atom is -0.495 e. The number of nitrogens with one attached hydrogen (secondary N) is 1. The molecule has 1 heterocycles. The van der Waals surface area contributed by atoms with Crippen LogP contribution in [0.4, 0.5) is 10.5 Å². The lowest BCUT2D eigenvalue weighted by Gasteiger charge is -2.29. The first-order valence-corrected chi connectivity index (χ1v) is 8.01. The van der Waals surface area contributed by atoms with Crippen molar-refractivity contribution in [2.24, 2.45) is 0 Å². The van der Waals surface area contributed by atoms with Crippen LogP contribution < -0.4 is 10.1 Å². The summed E-state index contributed by atoms with van der Waals surface area (Å²) in [6, 6.07) is 15.5. The van der Waals surface area contributed by atoms with Gasteiger partial charge in [0.25, 0.3) is 0 Å². The molecule has 1 atom stereocenters. The molecule has 0 fully saturated rings. The molecule has 0 bridgehead atoms. The minimum atomic E-state index is -0.179. The van der Waals surface area contributed by atoms with Gasteiger partial charge in [0.05, 0.1) is 25.5 Å². The van der Waals surface area contributed by atoms with Crippen molar-refractivity contribution in [2.45, 2.75) is 19.1 Å². The van der Waals surface area contributed by atoms with E-state index in [4.69, 9.17) is 9.47 Å². The van der Waals surface area contributed by atoms with Crippen molar-refractivity contribution in [3.8, 4) is 5.75 Å². The number of carbonyl (C=O) groups is 1. The average molecular weight is 326 g/mol. The average Bonchev–Trinajstić information content (AvgIpc) is 2.62. The number of ether oxygens (including phenoxy) is 2. The van der Waals surface area contributed by atoms with Crippen LogP contribution in [-0.2, 0) is 17.8 Å². The topological polar surface area (TPSA) is 50.8 Å². The van der Waals surface area contributed by atoms with Gasteiger partial charge < -0.3 is 19.7 Å². The summed E-state index contributed by atoms with van der Waals surface area (Å²) >= 11 is 0. The summed E-state index contributed by atoms with van der Waals surface area (Å²) < 4.78 is 11.1. The molecule has 0 radical (unpaired) electrons. The van der Waals surface area contributed by atoms with Crippen LogP contribution in [0.2, 0.25) is 0 Å². The van der Waals surface area contributed by atoms with Crippen LogP contribution in [0.25, 0.3) is 0 Å². The number of nitrogens with zero attached hydrogens (tertiary/aromatic N) is 1. The zero-order chi connectivity index (χ0) is 16.9. The van der Waals surface area contributed by atoms with Crippen LogP contribution in [-0.4, -0.2) is 37.7 Å². The zero-order valence-electron chi connectivity index (χ0n) is 14.0. The van der Waals surface area contributed by atoms with E-state index in [9.17, 15) is 4.79 Å². The largest absolute Gasteiger partial charge is 0.495 e. The predicted octanol–water partition coefficient (Wildman–Crippen LogP) is 3.30. The first-order chi connectivity index (χ1) is 11.7. The van der Waals surface area contributed by atoms with Gasteiger partial charge in [-0.05, 0) is 23.3 Å². The van der Waals surface area contributed by atoms with Crippen molar-refractivity contribution in [1.29, 1.82) is 0 Å². The standard InChI is InChI=1S/C19H22N2O3/c1-21(19(22)20-17-9-5-6-10-18(17)23-2)12-16-11-14-7-3-4-8-15(14)13-24-16/h3-10,16H,11-13H2,1-2H3,(H,20,22). The van der Waals surface area contributed by atoms with E-state index in [-0.39, 0.29) is 12.1 Å². The number of carbonyl (C=O) groups excluding carboxylic acids is 1. The number of para-hydroxylation sites is 2. The smallest absolute Gasteiger partial charge is 0.321 e. The monoisotopic (exact) mass is 326 g/mol. The molecule has 24 heavy (non-hydrogen) atoms. The number of methoxy groups -OCH3 is 1. The molecule has 126 valence electrons. The van der Waals surface area contributed by atoms with Crippen molar-refractivity contribution in [1.82, 2.24) is 4.90 Å². The van der Waals surface area contributed by atoms with Gasteiger partial charge >= 0.3 is 6.03 Å². The van der Waals surface area contributed by atoms with Crippen molar-refractivity contribution < 1.29 is 14.3 Å². The summed E-state index contributed by atoms with van der Waals surface area (Å²) in [5.41, 5.74) is 3.19. The number of amides is 2. The van der Waals surface area contributed by atoms with E-state index in [1.807, 2.05) is 36.4 Å². The lowest BCUT2D eigenvalue weighted by atomic mass is 9.99. The molecule has 0 aromatic heterocycles. The molecule has 5 heteroatoms. The van der Waals surface area contributed by atoms with Crippen LogP contribution >= 0.6 is 0 Å². The molecule has 1 unspecified atom stereocenters. The fourth-order valence-electron chi connectivity index (χ4n) is 2.87. The first-order valence-electron chi connectivity index (χ1n) is 8.01. The van der Waals surface area contributed by atoms with Gasteiger partial charge in [-0.15, -0.1) is 0 Å². The van der Waals surface area contributed by atoms with E-state index < -0.39 is 0 Å². The quantitative estimate of drug-likeness (QED) is 0.938. The Hall–Kier alpha value is -2.53. The Balaban J connectivity index is 1.59. The fraction of sp³-hybridized carbons (Fsp3) is 0.316. The van der Waals surface area contributed by atoms with Gasteiger partial charge in [0.2, 0.25) is 0 Å². The van der Waals surface area contributed by atoms with Crippen molar-refractivity contribution in [2.75, 3.05) is 26.0 Å². The first kappa shape index (κ1) is 16.3. The highest BCUT2D eigenvalue weighted by atomic mass is 16.5. The van der Waals surface area contributed by atoms with E-state index in [1.165, 1.54) is 11.1 Å². The van der Waals surface area contributed by atoms with Crippen molar-refractivity contribution in [3.63, 3.8) is 0 Å². The second kappa shape index (κ2) is 7.36. The van der Waals surface area contributed by atoms with Crippen LogP contribution in [0.15, 0.2) is 48.5 Å². The number of hydrogen-bond donors (Lipinski definition) is 1. The molecule has 0 spiro atoms. The van der Waals surface area contributed by atoms with E-state index in [2.05, 4.69) is 17.4 Å². The van der Waals surface area contributed by atoms with Gasteiger partial charge in [0, 0.05) is 20.0 Å². The maximum Gasteiger partial charge on any atom is 0.321 e. The normalized spacial score (nSPS) is 16.2. The van der Waals surface area contributed by atoms with Gasteiger partial charge in [-0.25, -0.2) is 4.79 Å². The third-order valence-electron chi connectivity index (χ3n) is 4.21. The number of anilines is 1. The van der Waals surface area contributed by atoms with Crippen LogP contribution in [0, 0.1) is 0 Å². The van der Waals surface area contributed by atoms with Gasteiger partial charge in [0.1, 0.15) is 5.75 Å². The Labute approximate surface area is 142 Å². The Bertz CT molecular complexity index is 717. The summed E-state index contributed by atoms with van der Waals surface area (Å²) in [5, 5.41) is 2.88. The second-order valence-electron chi connectivity index (χ2n) is 5.92. The Kier molecular flexibility index (Phi) is 5.01. The maximum absolute atomic E-state index is 12.4. The van der Waals surface area contributed by atoms with Gasteiger partial charge in [-0.2, -0.15) is 0 Å². The number of rotatable bonds is 4. The summed E-state index contributed by atoms with van der Waals surface area (Å²) in [4.78, 5) is 14.0. The van der Waals surface area contributed by atoms with E-state index in [0.717, 1.165) is 6.42 Å². The molecule has 0 saturated carbocycles. The number of benzene rings is 2. The van der Waals surface area contributed by atoms with Crippen molar-refractivity contribution >= 4 is 11.7 Å². The third kappa shape index (κ3) is 3.68. The number of urea groups is 1. The molecule has 2 aromatic rings.